The fourth-order valence-electron chi connectivity index (χ4n) is 2.18. The Balaban J connectivity index is 0.000000169. The Hall–Kier alpha value is -0.940. The summed E-state index contributed by atoms with van der Waals surface area (Å²) in [5, 5.41) is 13.3. The summed E-state index contributed by atoms with van der Waals surface area (Å²) in [5.41, 5.74) is 1.38. The van der Waals surface area contributed by atoms with Crippen LogP contribution in [0.25, 0.3) is 0 Å². The second-order valence-corrected chi connectivity index (χ2v) is 4.62. The molecule has 18 heavy (non-hydrogen) atoms. The molecule has 1 unspecified atom stereocenters. The van der Waals surface area contributed by atoms with Gasteiger partial charge in [0.1, 0.15) is 0 Å². The van der Waals surface area contributed by atoms with E-state index in [1.807, 2.05) is 0 Å². The van der Waals surface area contributed by atoms with Crippen molar-refractivity contribution < 1.29 is 0 Å². The Labute approximate surface area is 110 Å². The maximum absolute atomic E-state index is 3.47. The highest BCUT2D eigenvalue weighted by Gasteiger charge is 2.12. The van der Waals surface area contributed by atoms with Crippen LogP contribution in [0.2, 0.25) is 0 Å². The Morgan fingerprint density at radius 1 is 0.722 bits per heavy atom. The summed E-state index contributed by atoms with van der Waals surface area (Å²) in [6, 6.07) is 11.1. The van der Waals surface area contributed by atoms with Gasteiger partial charge >= 0.3 is 0 Å². The molecule has 1 aromatic carbocycles. The van der Waals surface area contributed by atoms with Crippen molar-refractivity contribution in [2.75, 3.05) is 45.8 Å². The zero-order chi connectivity index (χ0) is 12.5. The molecule has 2 fully saturated rings. The Bertz CT molecular complexity index is 293. The van der Waals surface area contributed by atoms with Gasteiger partial charge in [0.05, 0.1) is 0 Å². The first-order chi connectivity index (χ1) is 8.97. The van der Waals surface area contributed by atoms with E-state index in [0.717, 1.165) is 45.8 Å². The van der Waals surface area contributed by atoms with Crippen LogP contribution in [0.3, 0.4) is 0 Å². The fourth-order valence-corrected chi connectivity index (χ4v) is 2.18. The van der Waals surface area contributed by atoms with E-state index in [9.17, 15) is 0 Å². The van der Waals surface area contributed by atoms with E-state index in [4.69, 9.17) is 0 Å². The average molecular weight is 248 g/mol. The highest BCUT2D eigenvalue weighted by atomic mass is 15.1. The first kappa shape index (κ1) is 13.5. The quantitative estimate of drug-likeness (QED) is 0.569. The minimum absolute atomic E-state index is 0.500. The molecule has 0 saturated carbocycles. The third kappa shape index (κ3) is 4.74. The summed E-state index contributed by atoms with van der Waals surface area (Å²) in [7, 11) is 0. The van der Waals surface area contributed by atoms with Crippen LogP contribution in [0.4, 0.5) is 0 Å². The number of benzene rings is 1. The third-order valence-corrected chi connectivity index (χ3v) is 3.20. The fraction of sp³-hybridized carbons (Fsp3) is 0.571. The number of nitrogens with one attached hydrogen (secondary N) is 4. The molecule has 2 heterocycles. The van der Waals surface area contributed by atoms with Crippen molar-refractivity contribution in [2.45, 2.75) is 6.04 Å². The Kier molecular flexibility index (Phi) is 6.16. The maximum atomic E-state index is 3.47. The molecule has 0 bridgehead atoms. The van der Waals surface area contributed by atoms with Crippen molar-refractivity contribution in [3.63, 3.8) is 0 Å². The van der Waals surface area contributed by atoms with Crippen LogP contribution in [0.5, 0.6) is 0 Å². The van der Waals surface area contributed by atoms with Crippen LogP contribution < -0.4 is 21.3 Å². The lowest BCUT2D eigenvalue weighted by atomic mass is 10.1. The van der Waals surface area contributed by atoms with E-state index in [2.05, 4.69) is 51.6 Å². The number of rotatable bonds is 1. The van der Waals surface area contributed by atoms with E-state index in [-0.39, 0.29) is 0 Å². The second-order valence-electron chi connectivity index (χ2n) is 4.62. The maximum Gasteiger partial charge on any atom is 0.0447 e. The average Bonchev–Trinajstić information content (AvgIpc) is 2.51. The van der Waals surface area contributed by atoms with Crippen molar-refractivity contribution >= 4 is 0 Å². The lowest BCUT2D eigenvalue weighted by Crippen LogP contribution is -2.42. The third-order valence-electron chi connectivity index (χ3n) is 3.20. The molecule has 0 spiro atoms. The van der Waals surface area contributed by atoms with Gasteiger partial charge in [-0.15, -0.1) is 0 Å². The van der Waals surface area contributed by atoms with Gasteiger partial charge in [-0.3, -0.25) is 0 Å². The summed E-state index contributed by atoms with van der Waals surface area (Å²) in [5.74, 6) is 0. The first-order valence-electron chi connectivity index (χ1n) is 6.87. The summed E-state index contributed by atoms with van der Waals surface area (Å²) < 4.78 is 0. The van der Waals surface area contributed by atoms with E-state index < -0.39 is 0 Å². The molecule has 1 aromatic rings. The molecule has 2 saturated heterocycles. The summed E-state index contributed by atoms with van der Waals surface area (Å²) in [6.45, 7) is 7.76. The molecule has 0 aromatic heterocycles. The molecule has 0 aliphatic carbocycles. The molecule has 2 aliphatic rings. The van der Waals surface area contributed by atoms with Crippen molar-refractivity contribution in [3.05, 3.63) is 35.9 Å². The zero-order valence-corrected chi connectivity index (χ0v) is 10.9. The number of hydrogen-bond donors (Lipinski definition) is 4. The van der Waals surface area contributed by atoms with Crippen LogP contribution in [0.1, 0.15) is 11.6 Å². The monoisotopic (exact) mass is 248 g/mol. The predicted octanol–water partition coefficient (Wildman–Crippen LogP) is 0.0997. The predicted molar refractivity (Wildman–Crippen MR) is 75.8 cm³/mol. The minimum atomic E-state index is 0.500. The van der Waals surface area contributed by atoms with E-state index in [0.29, 0.717) is 6.04 Å². The summed E-state index contributed by atoms with van der Waals surface area (Å²) in [4.78, 5) is 0. The zero-order valence-electron chi connectivity index (χ0n) is 10.9. The molecule has 4 heteroatoms. The lowest BCUT2D eigenvalue weighted by molar-refractivity contribution is 0.430. The second kappa shape index (κ2) is 8.21. The van der Waals surface area contributed by atoms with Crippen molar-refractivity contribution in [2.24, 2.45) is 0 Å². The molecule has 0 radical (unpaired) electrons. The van der Waals surface area contributed by atoms with Crippen LogP contribution in [-0.4, -0.2) is 45.8 Å². The van der Waals surface area contributed by atoms with Gasteiger partial charge in [0.2, 0.25) is 0 Å². The number of piperazine rings is 2. The Morgan fingerprint density at radius 3 is 1.83 bits per heavy atom. The highest BCUT2D eigenvalue weighted by Crippen LogP contribution is 2.12. The SMILES string of the molecule is C1CNCCN1.c1ccc(C2CNCCN2)cc1. The van der Waals surface area contributed by atoms with Gasteiger partial charge in [0.15, 0.2) is 0 Å². The highest BCUT2D eigenvalue weighted by molar-refractivity contribution is 5.19. The minimum Gasteiger partial charge on any atom is -0.314 e. The molecule has 3 rings (SSSR count). The molecule has 100 valence electrons. The summed E-state index contributed by atoms with van der Waals surface area (Å²) in [6.07, 6.45) is 0. The van der Waals surface area contributed by atoms with Gasteiger partial charge in [-0.2, -0.15) is 0 Å². The van der Waals surface area contributed by atoms with Crippen LogP contribution in [-0.2, 0) is 0 Å². The van der Waals surface area contributed by atoms with Gasteiger partial charge in [-0.25, -0.2) is 0 Å². The van der Waals surface area contributed by atoms with E-state index >= 15 is 0 Å². The molecule has 4 nitrogen and oxygen atoms in total. The summed E-state index contributed by atoms with van der Waals surface area (Å²) >= 11 is 0. The molecular weight excluding hydrogens is 224 g/mol. The smallest absolute Gasteiger partial charge is 0.0447 e. The van der Waals surface area contributed by atoms with Gasteiger partial charge in [0.25, 0.3) is 0 Å². The van der Waals surface area contributed by atoms with Crippen molar-refractivity contribution in [3.8, 4) is 0 Å². The number of hydrogen-bond acceptors (Lipinski definition) is 4. The van der Waals surface area contributed by atoms with Gasteiger partial charge in [0, 0.05) is 51.9 Å². The molecular formula is C14H24N4. The standard InChI is InChI=1S/C10H14N2.C4H10N2/c1-2-4-9(5-3-1)10-8-11-6-7-12-10;1-2-6-4-3-5-1/h1-5,10-12H,6-8H2;5-6H,1-4H2. The van der Waals surface area contributed by atoms with Crippen molar-refractivity contribution in [1.29, 1.82) is 0 Å². The van der Waals surface area contributed by atoms with E-state index in [1.54, 1.807) is 0 Å². The molecule has 2 aliphatic heterocycles. The van der Waals surface area contributed by atoms with E-state index in [1.165, 1.54) is 5.56 Å². The van der Waals surface area contributed by atoms with Crippen LogP contribution >= 0.6 is 0 Å². The topological polar surface area (TPSA) is 48.1 Å². The van der Waals surface area contributed by atoms with Crippen LogP contribution in [0.15, 0.2) is 30.3 Å². The molecule has 0 amide bonds. The van der Waals surface area contributed by atoms with Crippen LogP contribution in [0, 0.1) is 0 Å². The normalized spacial score (nSPS) is 23.9. The largest absolute Gasteiger partial charge is 0.314 e. The molecule has 4 N–H and O–H groups in total. The van der Waals surface area contributed by atoms with Gasteiger partial charge in [-0.1, -0.05) is 30.3 Å². The van der Waals surface area contributed by atoms with Gasteiger partial charge < -0.3 is 21.3 Å². The Morgan fingerprint density at radius 2 is 1.33 bits per heavy atom. The lowest BCUT2D eigenvalue weighted by Gasteiger charge is -2.24. The van der Waals surface area contributed by atoms with Crippen molar-refractivity contribution in [1.82, 2.24) is 21.3 Å². The molecule has 1 atom stereocenters. The van der Waals surface area contributed by atoms with Gasteiger partial charge in [-0.05, 0) is 5.56 Å². The first-order valence-corrected chi connectivity index (χ1v) is 6.87.